The van der Waals surface area contributed by atoms with E-state index in [2.05, 4.69) is 13.5 Å². The van der Waals surface area contributed by atoms with Crippen LogP contribution >= 0.6 is 0 Å². The summed E-state index contributed by atoms with van der Waals surface area (Å²) in [4.78, 5) is 12.0. The third kappa shape index (κ3) is 4.34. The third-order valence-electron chi connectivity index (χ3n) is 4.31. The molecule has 1 aliphatic rings. The van der Waals surface area contributed by atoms with Gasteiger partial charge in [-0.15, -0.1) is 6.58 Å². The summed E-state index contributed by atoms with van der Waals surface area (Å²) in [5.41, 5.74) is -0.589. The van der Waals surface area contributed by atoms with Gasteiger partial charge in [0.1, 0.15) is 6.10 Å². The van der Waals surface area contributed by atoms with Crippen LogP contribution in [0, 0.1) is 17.3 Å². The molecule has 1 saturated carbocycles. The Hall–Kier alpha value is -0.830. The van der Waals surface area contributed by atoms with Crippen molar-refractivity contribution in [3.05, 3.63) is 12.7 Å². The topological polar surface area (TPSA) is 35.5 Å². The van der Waals surface area contributed by atoms with Gasteiger partial charge >= 0.3 is 5.97 Å². The number of hydrogen-bond acceptors (Lipinski definition) is 3. The predicted molar refractivity (Wildman–Crippen MR) is 76.9 cm³/mol. The highest BCUT2D eigenvalue weighted by Gasteiger charge is 2.35. The van der Waals surface area contributed by atoms with Crippen LogP contribution in [0.25, 0.3) is 0 Å². The molecule has 0 N–H and O–H groups in total. The first-order valence-corrected chi connectivity index (χ1v) is 7.28. The Bertz CT molecular complexity index is 309. The van der Waals surface area contributed by atoms with E-state index < -0.39 is 5.41 Å². The number of rotatable bonds is 7. The molecule has 1 aliphatic carbocycles. The van der Waals surface area contributed by atoms with E-state index in [1.807, 2.05) is 13.8 Å². The van der Waals surface area contributed by atoms with Crippen molar-refractivity contribution in [1.82, 2.24) is 0 Å². The first-order chi connectivity index (χ1) is 8.94. The molecule has 0 aromatic carbocycles. The van der Waals surface area contributed by atoms with Crippen molar-refractivity contribution in [2.75, 3.05) is 13.7 Å². The van der Waals surface area contributed by atoms with E-state index >= 15 is 0 Å². The zero-order valence-electron chi connectivity index (χ0n) is 12.8. The van der Waals surface area contributed by atoms with Gasteiger partial charge < -0.3 is 9.47 Å². The van der Waals surface area contributed by atoms with Crippen LogP contribution in [0.15, 0.2) is 12.7 Å². The van der Waals surface area contributed by atoms with E-state index in [1.165, 1.54) is 0 Å². The van der Waals surface area contributed by atoms with Gasteiger partial charge in [-0.2, -0.15) is 0 Å². The fourth-order valence-corrected chi connectivity index (χ4v) is 2.70. The molecule has 3 nitrogen and oxygen atoms in total. The fraction of sp³-hybridized carbons (Fsp3) is 0.812. The van der Waals surface area contributed by atoms with Crippen molar-refractivity contribution in [3.8, 4) is 0 Å². The smallest absolute Gasteiger partial charge is 0.315 e. The summed E-state index contributed by atoms with van der Waals surface area (Å²) in [6.45, 7) is 10.4. The minimum Gasteiger partial charge on any atom is -0.462 e. The van der Waals surface area contributed by atoms with Gasteiger partial charge in [-0.05, 0) is 44.9 Å². The van der Waals surface area contributed by atoms with Gasteiger partial charge in [0, 0.05) is 13.7 Å². The van der Waals surface area contributed by atoms with E-state index in [4.69, 9.17) is 9.47 Å². The molecule has 0 aromatic heterocycles. The van der Waals surface area contributed by atoms with Crippen molar-refractivity contribution < 1.29 is 14.3 Å². The standard InChI is InChI=1S/C16H28O3/c1-6-12(11-18-5)13-8-9-14(10-13)19-15(17)16(3,4)7-2/h7,12-14H,2,6,8-11H2,1,3-5H3. The average molecular weight is 268 g/mol. The predicted octanol–water partition coefficient (Wildman–Crippen LogP) is 3.58. The van der Waals surface area contributed by atoms with Crippen molar-refractivity contribution in [2.24, 2.45) is 17.3 Å². The van der Waals surface area contributed by atoms with Gasteiger partial charge in [0.25, 0.3) is 0 Å². The van der Waals surface area contributed by atoms with E-state index in [0.29, 0.717) is 11.8 Å². The SMILES string of the molecule is C=CC(C)(C)C(=O)OC1CCC(C(CC)COC)C1. The van der Waals surface area contributed by atoms with Crippen LogP contribution < -0.4 is 0 Å². The van der Waals surface area contributed by atoms with Crippen LogP contribution in [-0.4, -0.2) is 25.8 Å². The van der Waals surface area contributed by atoms with Gasteiger partial charge in [0.15, 0.2) is 0 Å². The lowest BCUT2D eigenvalue weighted by molar-refractivity contribution is -0.156. The number of hydrogen-bond donors (Lipinski definition) is 0. The van der Waals surface area contributed by atoms with Gasteiger partial charge in [0.05, 0.1) is 5.41 Å². The van der Waals surface area contributed by atoms with Crippen LogP contribution in [0.5, 0.6) is 0 Å². The summed E-state index contributed by atoms with van der Waals surface area (Å²) in [7, 11) is 1.75. The van der Waals surface area contributed by atoms with E-state index in [0.717, 1.165) is 32.3 Å². The molecule has 1 rings (SSSR count). The molecule has 3 unspecified atom stereocenters. The Kier molecular flexibility index (Phi) is 6.05. The summed E-state index contributed by atoms with van der Waals surface area (Å²) in [6.07, 6.45) is 5.93. The molecular formula is C16H28O3. The number of carbonyl (C=O) groups excluding carboxylic acids is 1. The lowest BCUT2D eigenvalue weighted by Gasteiger charge is -2.23. The average Bonchev–Trinajstić information content (AvgIpc) is 2.84. The van der Waals surface area contributed by atoms with Gasteiger partial charge in [-0.3, -0.25) is 4.79 Å². The highest BCUT2D eigenvalue weighted by atomic mass is 16.5. The van der Waals surface area contributed by atoms with Crippen LogP contribution in [0.2, 0.25) is 0 Å². The zero-order chi connectivity index (χ0) is 14.5. The molecule has 0 aliphatic heterocycles. The van der Waals surface area contributed by atoms with Crippen molar-refractivity contribution in [2.45, 2.75) is 52.6 Å². The largest absolute Gasteiger partial charge is 0.462 e. The normalized spacial score (nSPS) is 25.1. The molecule has 0 saturated heterocycles. The maximum Gasteiger partial charge on any atom is 0.315 e. The van der Waals surface area contributed by atoms with E-state index in [-0.39, 0.29) is 12.1 Å². The Labute approximate surface area is 117 Å². The minimum absolute atomic E-state index is 0.0719. The summed E-state index contributed by atoms with van der Waals surface area (Å²) in [5, 5.41) is 0. The van der Waals surface area contributed by atoms with Gasteiger partial charge in [0.2, 0.25) is 0 Å². The second-order valence-corrected chi connectivity index (χ2v) is 6.15. The molecule has 0 aromatic rings. The third-order valence-corrected chi connectivity index (χ3v) is 4.31. The van der Waals surface area contributed by atoms with Crippen molar-refractivity contribution in [3.63, 3.8) is 0 Å². The maximum absolute atomic E-state index is 12.0. The molecule has 3 atom stereocenters. The summed E-state index contributed by atoms with van der Waals surface area (Å²) >= 11 is 0. The first-order valence-electron chi connectivity index (χ1n) is 7.28. The molecule has 0 radical (unpaired) electrons. The Morgan fingerprint density at radius 2 is 2.16 bits per heavy atom. The second-order valence-electron chi connectivity index (χ2n) is 6.15. The Morgan fingerprint density at radius 3 is 2.68 bits per heavy atom. The molecule has 1 fully saturated rings. The highest BCUT2D eigenvalue weighted by molar-refractivity contribution is 5.78. The Morgan fingerprint density at radius 1 is 1.47 bits per heavy atom. The highest BCUT2D eigenvalue weighted by Crippen LogP contribution is 2.36. The number of methoxy groups -OCH3 is 1. The Balaban J connectivity index is 2.48. The maximum atomic E-state index is 12.0. The number of ether oxygens (including phenoxy) is 2. The van der Waals surface area contributed by atoms with E-state index in [1.54, 1.807) is 13.2 Å². The second kappa shape index (κ2) is 7.09. The molecule has 0 amide bonds. The molecule has 0 spiro atoms. The monoisotopic (exact) mass is 268 g/mol. The molecule has 19 heavy (non-hydrogen) atoms. The quantitative estimate of drug-likeness (QED) is 0.523. The van der Waals surface area contributed by atoms with E-state index in [9.17, 15) is 4.79 Å². The summed E-state index contributed by atoms with van der Waals surface area (Å²) < 4.78 is 10.9. The number of esters is 1. The zero-order valence-corrected chi connectivity index (χ0v) is 12.8. The molecule has 3 heteroatoms. The van der Waals surface area contributed by atoms with Crippen molar-refractivity contribution >= 4 is 5.97 Å². The molecular weight excluding hydrogens is 240 g/mol. The summed E-state index contributed by atoms with van der Waals surface area (Å²) in [6, 6.07) is 0. The van der Waals surface area contributed by atoms with Crippen LogP contribution in [0.4, 0.5) is 0 Å². The lowest BCUT2D eigenvalue weighted by Crippen LogP contribution is -2.28. The fourth-order valence-electron chi connectivity index (χ4n) is 2.70. The first kappa shape index (κ1) is 16.2. The van der Waals surface area contributed by atoms with Crippen LogP contribution in [0.1, 0.15) is 46.5 Å². The molecule has 0 heterocycles. The minimum atomic E-state index is -0.589. The summed E-state index contributed by atoms with van der Waals surface area (Å²) in [5.74, 6) is 1.05. The van der Waals surface area contributed by atoms with Gasteiger partial charge in [-0.25, -0.2) is 0 Å². The van der Waals surface area contributed by atoms with Crippen molar-refractivity contribution in [1.29, 1.82) is 0 Å². The molecule has 0 bridgehead atoms. The van der Waals surface area contributed by atoms with Gasteiger partial charge in [-0.1, -0.05) is 19.4 Å². The lowest BCUT2D eigenvalue weighted by atomic mass is 9.89. The van der Waals surface area contributed by atoms with Crippen LogP contribution in [0.3, 0.4) is 0 Å². The van der Waals surface area contributed by atoms with Crippen LogP contribution in [-0.2, 0) is 14.3 Å². The number of carbonyl (C=O) groups is 1. The molecule has 110 valence electrons.